The maximum absolute atomic E-state index is 6.47. The maximum Gasteiger partial charge on any atom is 0.314 e. The van der Waals surface area contributed by atoms with Crippen molar-refractivity contribution in [3.63, 3.8) is 0 Å². The summed E-state index contributed by atoms with van der Waals surface area (Å²) in [6, 6.07) is 22.8. The lowest BCUT2D eigenvalue weighted by Crippen LogP contribution is -2.60. The van der Waals surface area contributed by atoms with Gasteiger partial charge in [-0.05, 0) is 35.2 Å². The first kappa shape index (κ1) is 14.1. The third kappa shape index (κ3) is 2.95. The van der Waals surface area contributed by atoms with Crippen molar-refractivity contribution in [1.29, 1.82) is 0 Å². The van der Waals surface area contributed by atoms with Crippen molar-refractivity contribution in [3.05, 3.63) is 73.0 Å². The number of hydrogen-bond donors (Lipinski definition) is 0. The first-order valence-corrected chi connectivity index (χ1v) is 9.87. The maximum atomic E-state index is 6.47. The molecule has 0 aromatic heterocycles. The van der Waals surface area contributed by atoms with E-state index in [4.69, 9.17) is 4.43 Å². The molecule has 1 aliphatic rings. The molecule has 2 aromatic rings. The second-order valence-electron chi connectivity index (χ2n) is 5.94. The van der Waals surface area contributed by atoms with Crippen LogP contribution in [0, 0.1) is 5.92 Å². The van der Waals surface area contributed by atoms with Gasteiger partial charge in [0.1, 0.15) is 0 Å². The highest BCUT2D eigenvalue weighted by atomic mass is 28.4. The van der Waals surface area contributed by atoms with Gasteiger partial charge in [0.05, 0.1) is 6.26 Å². The van der Waals surface area contributed by atoms with E-state index in [1.54, 1.807) is 0 Å². The SMILES string of the molecule is CC1CC/C=C\O[Si](c2ccccc2)(c2ccccc2)C1. The molecule has 21 heavy (non-hydrogen) atoms. The second-order valence-corrected chi connectivity index (χ2v) is 9.39. The fourth-order valence-corrected chi connectivity index (χ4v) is 7.36. The van der Waals surface area contributed by atoms with E-state index in [9.17, 15) is 0 Å². The topological polar surface area (TPSA) is 9.23 Å². The Morgan fingerprint density at radius 2 is 1.48 bits per heavy atom. The van der Waals surface area contributed by atoms with Gasteiger partial charge in [0.15, 0.2) is 0 Å². The molecule has 2 heteroatoms. The summed E-state index contributed by atoms with van der Waals surface area (Å²) in [4.78, 5) is 0. The standard InChI is InChI=1S/C19H22OSi/c1-17-10-8-9-15-20-21(16-17,18-11-4-2-5-12-18)19-13-6-3-7-14-19/h2-7,9,11-15,17H,8,10,16H2,1H3/b15-9-. The van der Waals surface area contributed by atoms with E-state index in [0.717, 1.165) is 12.5 Å². The molecule has 1 atom stereocenters. The summed E-state index contributed by atoms with van der Waals surface area (Å²) in [6.07, 6.45) is 6.50. The van der Waals surface area contributed by atoms with Crippen LogP contribution in [0.1, 0.15) is 19.8 Å². The average molecular weight is 294 g/mol. The van der Waals surface area contributed by atoms with Crippen molar-refractivity contribution in [2.24, 2.45) is 5.92 Å². The zero-order valence-electron chi connectivity index (χ0n) is 12.5. The van der Waals surface area contributed by atoms with Crippen LogP contribution in [0.25, 0.3) is 0 Å². The molecule has 3 rings (SSSR count). The minimum atomic E-state index is -2.17. The lowest BCUT2D eigenvalue weighted by Gasteiger charge is -2.34. The quantitative estimate of drug-likeness (QED) is 0.767. The molecule has 0 radical (unpaired) electrons. The number of benzene rings is 2. The second kappa shape index (κ2) is 6.31. The highest BCUT2D eigenvalue weighted by Crippen LogP contribution is 2.25. The molecule has 0 bridgehead atoms. The van der Waals surface area contributed by atoms with E-state index in [2.05, 4.69) is 73.7 Å². The van der Waals surface area contributed by atoms with E-state index < -0.39 is 8.32 Å². The van der Waals surface area contributed by atoms with Crippen molar-refractivity contribution < 1.29 is 4.43 Å². The summed E-state index contributed by atoms with van der Waals surface area (Å²) in [5.41, 5.74) is 0. The van der Waals surface area contributed by atoms with E-state index in [1.165, 1.54) is 16.8 Å². The summed E-state index contributed by atoms with van der Waals surface area (Å²) < 4.78 is 6.47. The smallest absolute Gasteiger partial charge is 0.314 e. The largest absolute Gasteiger partial charge is 0.541 e. The third-order valence-corrected chi connectivity index (χ3v) is 8.65. The van der Waals surface area contributed by atoms with Gasteiger partial charge in [-0.25, -0.2) is 0 Å². The van der Waals surface area contributed by atoms with Crippen LogP contribution in [0.4, 0.5) is 0 Å². The molecule has 0 amide bonds. The van der Waals surface area contributed by atoms with Crippen molar-refractivity contribution in [2.75, 3.05) is 0 Å². The molecule has 2 aromatic carbocycles. The first-order chi connectivity index (χ1) is 10.3. The summed E-state index contributed by atoms with van der Waals surface area (Å²) >= 11 is 0. The van der Waals surface area contributed by atoms with Crippen LogP contribution in [-0.2, 0) is 4.43 Å². The Labute approximate surface area is 128 Å². The molecule has 0 aliphatic carbocycles. The summed E-state index contributed by atoms with van der Waals surface area (Å²) in [5.74, 6) is 0.682. The molecule has 0 fully saturated rings. The van der Waals surface area contributed by atoms with Crippen LogP contribution in [0.15, 0.2) is 73.0 Å². The fourth-order valence-electron chi connectivity index (χ4n) is 3.21. The van der Waals surface area contributed by atoms with Gasteiger partial charge in [0.2, 0.25) is 0 Å². The monoisotopic (exact) mass is 294 g/mol. The molecule has 0 N–H and O–H groups in total. The van der Waals surface area contributed by atoms with E-state index >= 15 is 0 Å². The molecule has 1 unspecified atom stereocenters. The summed E-state index contributed by atoms with van der Waals surface area (Å²) in [5, 5.41) is 2.74. The fraction of sp³-hybridized carbons (Fsp3) is 0.263. The van der Waals surface area contributed by atoms with Crippen molar-refractivity contribution in [1.82, 2.24) is 0 Å². The molecule has 0 saturated heterocycles. The van der Waals surface area contributed by atoms with Crippen molar-refractivity contribution in [3.8, 4) is 0 Å². The lowest BCUT2D eigenvalue weighted by atomic mass is 10.1. The Morgan fingerprint density at radius 1 is 0.905 bits per heavy atom. The van der Waals surface area contributed by atoms with Crippen molar-refractivity contribution in [2.45, 2.75) is 25.8 Å². The van der Waals surface area contributed by atoms with Crippen LogP contribution >= 0.6 is 0 Å². The van der Waals surface area contributed by atoms with Gasteiger partial charge in [-0.1, -0.05) is 73.7 Å². The number of rotatable bonds is 2. The Hall–Kier alpha value is -1.80. The molecule has 1 nitrogen and oxygen atoms in total. The molecular formula is C19H22OSi. The number of allylic oxidation sites excluding steroid dienone is 1. The average Bonchev–Trinajstić information content (AvgIpc) is 2.53. The van der Waals surface area contributed by atoms with Gasteiger partial charge >= 0.3 is 8.32 Å². The normalized spacial score (nSPS) is 22.6. The zero-order valence-corrected chi connectivity index (χ0v) is 13.5. The molecule has 1 heterocycles. The van der Waals surface area contributed by atoms with Crippen LogP contribution in [0.2, 0.25) is 6.04 Å². The van der Waals surface area contributed by atoms with Crippen molar-refractivity contribution >= 4 is 18.7 Å². The van der Waals surface area contributed by atoms with Crippen LogP contribution in [0.3, 0.4) is 0 Å². The van der Waals surface area contributed by atoms with Gasteiger partial charge in [-0.2, -0.15) is 0 Å². The van der Waals surface area contributed by atoms with E-state index in [-0.39, 0.29) is 0 Å². The molecular weight excluding hydrogens is 272 g/mol. The predicted octanol–water partition coefficient (Wildman–Crippen LogP) is 3.71. The highest BCUT2D eigenvalue weighted by molar-refractivity contribution is 6.97. The minimum Gasteiger partial charge on any atom is -0.541 e. The highest BCUT2D eigenvalue weighted by Gasteiger charge is 2.42. The van der Waals surface area contributed by atoms with Crippen LogP contribution in [-0.4, -0.2) is 8.32 Å². The van der Waals surface area contributed by atoms with Gasteiger partial charge in [-0.3, -0.25) is 0 Å². The Morgan fingerprint density at radius 3 is 2.05 bits per heavy atom. The Kier molecular flexibility index (Phi) is 4.25. The number of hydrogen-bond acceptors (Lipinski definition) is 1. The van der Waals surface area contributed by atoms with Gasteiger partial charge in [0.25, 0.3) is 0 Å². The lowest BCUT2D eigenvalue weighted by molar-refractivity contribution is 0.444. The van der Waals surface area contributed by atoms with E-state index in [1.807, 2.05) is 6.26 Å². The Bertz CT molecular complexity index is 552. The summed E-state index contributed by atoms with van der Waals surface area (Å²) in [6.45, 7) is 2.36. The third-order valence-electron chi connectivity index (χ3n) is 4.31. The van der Waals surface area contributed by atoms with Gasteiger partial charge in [-0.15, -0.1) is 0 Å². The minimum absolute atomic E-state index is 0.682. The zero-order chi connectivity index (χ0) is 14.5. The van der Waals surface area contributed by atoms with Crippen LogP contribution < -0.4 is 10.4 Å². The molecule has 1 aliphatic heterocycles. The summed E-state index contributed by atoms with van der Waals surface area (Å²) in [7, 11) is -2.17. The van der Waals surface area contributed by atoms with Crippen LogP contribution in [0.5, 0.6) is 0 Å². The van der Waals surface area contributed by atoms with Gasteiger partial charge < -0.3 is 4.43 Å². The first-order valence-electron chi connectivity index (χ1n) is 7.75. The Balaban J connectivity index is 2.14. The molecule has 0 saturated carbocycles. The molecule has 0 spiro atoms. The van der Waals surface area contributed by atoms with E-state index in [0.29, 0.717) is 5.92 Å². The molecule has 108 valence electrons. The predicted molar refractivity (Wildman–Crippen MR) is 91.3 cm³/mol. The van der Waals surface area contributed by atoms with Gasteiger partial charge in [0, 0.05) is 0 Å².